The molecule has 5 nitrogen and oxygen atoms in total. The highest BCUT2D eigenvalue weighted by atomic mass is 79.9. The molecule has 0 aliphatic rings. The van der Waals surface area contributed by atoms with Crippen LogP contribution in [0.3, 0.4) is 0 Å². The highest BCUT2D eigenvalue weighted by molar-refractivity contribution is 9.10. The first-order chi connectivity index (χ1) is 8.99. The van der Waals surface area contributed by atoms with Crippen LogP contribution in [0.2, 0.25) is 0 Å². The fourth-order valence-corrected chi connectivity index (χ4v) is 2.34. The molecule has 1 aromatic carbocycles. The largest absolute Gasteiger partial charge is 0.382 e. The molecule has 0 spiro atoms. The van der Waals surface area contributed by atoms with Gasteiger partial charge in [0.05, 0.1) is 0 Å². The van der Waals surface area contributed by atoms with Crippen molar-refractivity contribution in [1.82, 2.24) is 15.1 Å². The number of halogens is 1. The van der Waals surface area contributed by atoms with Crippen LogP contribution in [-0.2, 0) is 6.54 Å². The van der Waals surface area contributed by atoms with Gasteiger partial charge in [-0.05, 0) is 24.6 Å². The second kappa shape index (κ2) is 5.44. The summed E-state index contributed by atoms with van der Waals surface area (Å²) in [5, 5.41) is 6.55. The summed E-state index contributed by atoms with van der Waals surface area (Å²) >= 11 is 3.41. The maximum absolute atomic E-state index is 12.3. The zero-order valence-electron chi connectivity index (χ0n) is 10.8. The number of aromatic nitrogens is 2. The van der Waals surface area contributed by atoms with Crippen molar-refractivity contribution in [2.45, 2.75) is 13.5 Å². The number of carbonyl (C=O) groups excluding carboxylic acids is 1. The van der Waals surface area contributed by atoms with Crippen molar-refractivity contribution in [3.63, 3.8) is 0 Å². The van der Waals surface area contributed by atoms with Gasteiger partial charge in [0, 0.05) is 23.8 Å². The molecule has 0 radical (unpaired) electrons. The molecule has 0 saturated carbocycles. The van der Waals surface area contributed by atoms with Crippen LogP contribution in [0.5, 0.6) is 0 Å². The van der Waals surface area contributed by atoms with E-state index >= 15 is 0 Å². The van der Waals surface area contributed by atoms with Gasteiger partial charge in [-0.25, -0.2) is 0 Å². The van der Waals surface area contributed by atoms with E-state index in [1.807, 2.05) is 24.3 Å². The number of nitrogens with one attached hydrogen (secondary N) is 1. The van der Waals surface area contributed by atoms with Crippen molar-refractivity contribution in [2.75, 3.05) is 12.8 Å². The Kier molecular flexibility index (Phi) is 3.90. The van der Waals surface area contributed by atoms with E-state index < -0.39 is 0 Å². The molecule has 1 aromatic heterocycles. The predicted molar refractivity (Wildman–Crippen MR) is 77.7 cm³/mol. The van der Waals surface area contributed by atoms with Crippen LogP contribution in [0.25, 0.3) is 0 Å². The normalized spacial score (nSPS) is 10.5. The first-order valence-corrected chi connectivity index (χ1v) is 6.58. The number of benzene rings is 1. The van der Waals surface area contributed by atoms with Crippen molar-refractivity contribution in [3.05, 3.63) is 45.6 Å². The minimum Gasteiger partial charge on any atom is -0.382 e. The van der Waals surface area contributed by atoms with Gasteiger partial charge >= 0.3 is 0 Å². The number of aryl methyl sites for hydroxylation is 1. The monoisotopic (exact) mass is 322 g/mol. The highest BCUT2D eigenvalue weighted by Gasteiger charge is 2.19. The molecule has 2 rings (SSSR count). The van der Waals surface area contributed by atoms with Crippen LogP contribution in [-0.4, -0.2) is 28.1 Å². The summed E-state index contributed by atoms with van der Waals surface area (Å²) in [5.41, 5.74) is 7.87. The van der Waals surface area contributed by atoms with Gasteiger partial charge in [-0.15, -0.1) is 0 Å². The highest BCUT2D eigenvalue weighted by Crippen LogP contribution is 2.17. The van der Waals surface area contributed by atoms with Crippen LogP contribution in [0.4, 0.5) is 5.82 Å². The van der Waals surface area contributed by atoms with Gasteiger partial charge < -0.3 is 10.6 Å². The lowest BCUT2D eigenvalue weighted by molar-refractivity contribution is 0.0785. The number of H-pyrrole nitrogens is 1. The van der Waals surface area contributed by atoms with Crippen molar-refractivity contribution >= 4 is 27.7 Å². The van der Waals surface area contributed by atoms with Crippen LogP contribution in [0, 0.1) is 6.92 Å². The number of anilines is 1. The number of nitrogens with zero attached hydrogens (tertiary/aromatic N) is 2. The molecule has 6 heteroatoms. The van der Waals surface area contributed by atoms with Gasteiger partial charge in [-0.2, -0.15) is 5.10 Å². The van der Waals surface area contributed by atoms with Crippen molar-refractivity contribution in [1.29, 1.82) is 0 Å². The maximum Gasteiger partial charge on any atom is 0.259 e. The summed E-state index contributed by atoms with van der Waals surface area (Å²) in [5.74, 6) is 0.104. The first-order valence-electron chi connectivity index (χ1n) is 5.79. The molecule has 0 fully saturated rings. The summed E-state index contributed by atoms with van der Waals surface area (Å²) in [6.45, 7) is 2.30. The smallest absolute Gasteiger partial charge is 0.259 e. The second-order valence-electron chi connectivity index (χ2n) is 4.40. The molecule has 100 valence electrons. The third-order valence-corrected chi connectivity index (χ3v) is 3.34. The third-order valence-electron chi connectivity index (χ3n) is 2.84. The summed E-state index contributed by atoms with van der Waals surface area (Å²) in [7, 11) is 1.75. The maximum atomic E-state index is 12.3. The Morgan fingerprint density at radius 2 is 2.26 bits per heavy atom. The number of hydrogen-bond donors (Lipinski definition) is 2. The Bertz CT molecular complexity index is 589. The van der Waals surface area contributed by atoms with Crippen molar-refractivity contribution < 1.29 is 4.79 Å². The lowest BCUT2D eigenvalue weighted by Crippen LogP contribution is -2.27. The van der Waals surface area contributed by atoms with E-state index in [2.05, 4.69) is 26.1 Å². The summed E-state index contributed by atoms with van der Waals surface area (Å²) in [6, 6.07) is 7.84. The SMILES string of the molecule is Cc1[nH]nc(N)c1C(=O)N(C)Cc1cccc(Br)c1. The number of carbonyl (C=O) groups is 1. The molecule has 0 saturated heterocycles. The van der Waals surface area contributed by atoms with E-state index in [4.69, 9.17) is 5.73 Å². The van der Waals surface area contributed by atoms with E-state index in [1.165, 1.54) is 0 Å². The molecular formula is C13H15BrN4O. The Balaban J connectivity index is 2.16. The molecule has 1 heterocycles. The fraction of sp³-hybridized carbons (Fsp3) is 0.231. The zero-order chi connectivity index (χ0) is 14.0. The minimum absolute atomic E-state index is 0.135. The molecule has 0 bridgehead atoms. The fourth-order valence-electron chi connectivity index (χ4n) is 1.89. The van der Waals surface area contributed by atoms with Crippen LogP contribution in [0.1, 0.15) is 21.6 Å². The standard InChI is InChI=1S/C13H15BrN4O/c1-8-11(12(15)17-16-8)13(19)18(2)7-9-4-3-5-10(14)6-9/h3-6H,7H2,1-2H3,(H3,15,16,17). The molecule has 0 aliphatic heterocycles. The number of amides is 1. The van der Waals surface area contributed by atoms with E-state index in [9.17, 15) is 4.79 Å². The van der Waals surface area contributed by atoms with E-state index in [1.54, 1.807) is 18.9 Å². The summed E-state index contributed by atoms with van der Waals surface area (Å²) < 4.78 is 0.991. The van der Waals surface area contributed by atoms with Gasteiger partial charge in [0.25, 0.3) is 5.91 Å². The molecule has 3 N–H and O–H groups in total. The third kappa shape index (κ3) is 2.96. The lowest BCUT2D eigenvalue weighted by atomic mass is 10.2. The van der Waals surface area contributed by atoms with Crippen LogP contribution < -0.4 is 5.73 Å². The van der Waals surface area contributed by atoms with Gasteiger partial charge in [0.15, 0.2) is 5.82 Å². The molecule has 0 unspecified atom stereocenters. The predicted octanol–water partition coefficient (Wildman–Crippen LogP) is 2.34. The quantitative estimate of drug-likeness (QED) is 0.910. The molecule has 0 aliphatic carbocycles. The Morgan fingerprint density at radius 3 is 2.84 bits per heavy atom. The van der Waals surface area contributed by atoms with Crippen molar-refractivity contribution in [2.24, 2.45) is 0 Å². The summed E-state index contributed by atoms with van der Waals surface area (Å²) in [4.78, 5) is 13.9. The topological polar surface area (TPSA) is 75.0 Å². The van der Waals surface area contributed by atoms with E-state index in [-0.39, 0.29) is 11.7 Å². The van der Waals surface area contributed by atoms with E-state index in [0.717, 1.165) is 10.0 Å². The van der Waals surface area contributed by atoms with Gasteiger partial charge in [0.1, 0.15) is 5.56 Å². The van der Waals surface area contributed by atoms with Crippen LogP contribution in [0.15, 0.2) is 28.7 Å². The van der Waals surface area contributed by atoms with Gasteiger partial charge in [-0.1, -0.05) is 28.1 Å². The number of aromatic amines is 1. The van der Waals surface area contributed by atoms with Gasteiger partial charge in [-0.3, -0.25) is 9.89 Å². The number of hydrogen-bond acceptors (Lipinski definition) is 3. The molecule has 1 amide bonds. The van der Waals surface area contributed by atoms with Crippen molar-refractivity contribution in [3.8, 4) is 0 Å². The van der Waals surface area contributed by atoms with E-state index in [0.29, 0.717) is 17.8 Å². The Morgan fingerprint density at radius 1 is 1.53 bits per heavy atom. The van der Waals surface area contributed by atoms with Gasteiger partial charge in [0.2, 0.25) is 0 Å². The zero-order valence-corrected chi connectivity index (χ0v) is 12.4. The first kappa shape index (κ1) is 13.6. The molecular weight excluding hydrogens is 308 g/mol. The number of nitrogens with two attached hydrogens (primary N) is 1. The number of rotatable bonds is 3. The Hall–Kier alpha value is -1.82. The minimum atomic E-state index is -0.135. The molecule has 19 heavy (non-hydrogen) atoms. The molecule has 0 atom stereocenters. The lowest BCUT2D eigenvalue weighted by Gasteiger charge is -2.17. The second-order valence-corrected chi connectivity index (χ2v) is 5.32. The average Bonchev–Trinajstić information content (AvgIpc) is 2.68. The Labute approximate surface area is 119 Å². The van der Waals surface area contributed by atoms with Crippen LogP contribution >= 0.6 is 15.9 Å². The average molecular weight is 323 g/mol. The molecule has 2 aromatic rings. The number of nitrogen functional groups attached to an aromatic ring is 1. The summed E-state index contributed by atoms with van der Waals surface area (Å²) in [6.07, 6.45) is 0.